The van der Waals surface area contributed by atoms with Gasteiger partial charge in [-0.05, 0) is 67.6 Å². The highest BCUT2D eigenvalue weighted by Crippen LogP contribution is 2.33. The fourth-order valence-corrected chi connectivity index (χ4v) is 5.29. The Bertz CT molecular complexity index is 1210. The van der Waals surface area contributed by atoms with Crippen molar-refractivity contribution in [3.05, 3.63) is 83.4 Å². The third-order valence-electron chi connectivity index (χ3n) is 5.15. The molecule has 0 bridgehead atoms. The number of hydrogen-bond donors (Lipinski definition) is 1. The first kappa shape index (κ1) is 20.5. The maximum atomic E-state index is 12.9. The van der Waals surface area contributed by atoms with Gasteiger partial charge in [-0.25, -0.2) is 8.42 Å². The molecule has 7 heteroatoms. The van der Waals surface area contributed by atoms with Gasteiger partial charge in [-0.3, -0.25) is 9.52 Å². The molecule has 0 aliphatic carbocycles. The molecule has 0 spiro atoms. The highest BCUT2D eigenvalue weighted by atomic mass is 32.2. The fraction of sp³-hybridized carbons (Fsp3) is 0.174. The highest BCUT2D eigenvalue weighted by Gasteiger charge is 2.27. The van der Waals surface area contributed by atoms with Crippen molar-refractivity contribution in [1.29, 1.82) is 0 Å². The Morgan fingerprint density at radius 1 is 1.03 bits per heavy atom. The predicted molar refractivity (Wildman–Crippen MR) is 122 cm³/mol. The van der Waals surface area contributed by atoms with Crippen LogP contribution in [0.4, 0.5) is 11.4 Å². The zero-order valence-electron chi connectivity index (χ0n) is 16.8. The summed E-state index contributed by atoms with van der Waals surface area (Å²) < 4.78 is 28.6. The van der Waals surface area contributed by atoms with Crippen molar-refractivity contribution in [3.63, 3.8) is 0 Å². The van der Waals surface area contributed by atoms with E-state index in [2.05, 4.69) is 4.72 Å². The Kier molecular flexibility index (Phi) is 5.58. The monoisotopic (exact) mass is 438 g/mol. The Morgan fingerprint density at radius 2 is 1.77 bits per heavy atom. The average molecular weight is 439 g/mol. The van der Waals surface area contributed by atoms with Crippen LogP contribution in [0.5, 0.6) is 0 Å². The minimum absolute atomic E-state index is 0.0728. The molecule has 1 aliphatic heterocycles. The number of sulfonamides is 1. The molecule has 1 aliphatic rings. The molecule has 154 valence electrons. The van der Waals surface area contributed by atoms with Crippen molar-refractivity contribution in [2.24, 2.45) is 0 Å². The van der Waals surface area contributed by atoms with E-state index in [-0.39, 0.29) is 10.8 Å². The van der Waals surface area contributed by atoms with Crippen LogP contribution in [0.1, 0.15) is 21.5 Å². The van der Waals surface area contributed by atoms with Gasteiger partial charge in [-0.15, -0.1) is 11.8 Å². The van der Waals surface area contributed by atoms with Crippen molar-refractivity contribution >= 4 is 39.1 Å². The van der Waals surface area contributed by atoms with Gasteiger partial charge in [-0.1, -0.05) is 29.8 Å². The first-order chi connectivity index (χ1) is 14.4. The van der Waals surface area contributed by atoms with Crippen LogP contribution in [-0.4, -0.2) is 27.1 Å². The largest absolute Gasteiger partial charge is 0.308 e. The van der Waals surface area contributed by atoms with E-state index in [9.17, 15) is 13.2 Å². The molecule has 1 heterocycles. The van der Waals surface area contributed by atoms with Crippen molar-refractivity contribution in [1.82, 2.24) is 0 Å². The number of nitrogens with zero attached hydrogens (tertiary/aromatic N) is 1. The molecule has 0 unspecified atom stereocenters. The minimum Gasteiger partial charge on any atom is -0.308 e. The molecular weight excluding hydrogens is 416 g/mol. The second kappa shape index (κ2) is 8.16. The SMILES string of the molecule is CSc1ccccc1NS(=O)(=O)c1ccc2c(c1)CCN2C(=O)c1ccc(C)cc1. The van der Waals surface area contributed by atoms with E-state index in [1.165, 1.54) is 11.8 Å². The molecule has 30 heavy (non-hydrogen) atoms. The van der Waals surface area contributed by atoms with Gasteiger partial charge in [0.1, 0.15) is 0 Å². The number of hydrogen-bond acceptors (Lipinski definition) is 4. The summed E-state index contributed by atoms with van der Waals surface area (Å²) in [6.07, 6.45) is 2.53. The van der Waals surface area contributed by atoms with Gasteiger partial charge < -0.3 is 4.90 Å². The molecule has 3 aromatic rings. The van der Waals surface area contributed by atoms with Crippen LogP contribution in [-0.2, 0) is 16.4 Å². The molecule has 3 aromatic carbocycles. The van der Waals surface area contributed by atoms with E-state index in [0.29, 0.717) is 24.2 Å². The number of thioether (sulfide) groups is 1. The number of fused-ring (bicyclic) bond motifs is 1. The van der Waals surface area contributed by atoms with Crippen LogP contribution >= 0.6 is 11.8 Å². The summed E-state index contributed by atoms with van der Waals surface area (Å²) >= 11 is 1.48. The number of nitrogens with one attached hydrogen (secondary N) is 1. The van der Waals surface area contributed by atoms with Crippen LogP contribution in [0.25, 0.3) is 0 Å². The number of rotatable bonds is 5. The lowest BCUT2D eigenvalue weighted by Gasteiger charge is -2.18. The van der Waals surface area contributed by atoms with Crippen molar-refractivity contribution in [2.45, 2.75) is 23.1 Å². The standard InChI is InChI=1S/C23H22N2O3S2/c1-16-7-9-17(10-8-16)23(26)25-14-13-18-15-19(11-12-21(18)25)30(27,28)24-20-5-3-4-6-22(20)29-2/h3-12,15,24H,13-14H2,1-2H3. The Morgan fingerprint density at radius 3 is 2.50 bits per heavy atom. The maximum absolute atomic E-state index is 12.9. The first-order valence-electron chi connectivity index (χ1n) is 9.56. The molecule has 0 atom stereocenters. The Balaban J connectivity index is 1.60. The number of para-hydroxylation sites is 1. The molecule has 5 nitrogen and oxygen atoms in total. The lowest BCUT2D eigenvalue weighted by atomic mass is 10.1. The second-order valence-corrected chi connectivity index (χ2v) is 9.70. The normalized spacial score (nSPS) is 13.2. The van der Waals surface area contributed by atoms with Gasteiger partial charge in [0.05, 0.1) is 10.6 Å². The third-order valence-corrected chi connectivity index (χ3v) is 7.31. The lowest BCUT2D eigenvalue weighted by Crippen LogP contribution is -2.28. The minimum atomic E-state index is -3.73. The molecule has 0 fully saturated rings. The van der Waals surface area contributed by atoms with E-state index in [1.807, 2.05) is 49.6 Å². The fourth-order valence-electron chi connectivity index (χ4n) is 3.54. The molecule has 0 aromatic heterocycles. The summed E-state index contributed by atoms with van der Waals surface area (Å²) in [7, 11) is -3.73. The van der Waals surface area contributed by atoms with Gasteiger partial charge in [0.25, 0.3) is 15.9 Å². The number of aryl methyl sites for hydroxylation is 1. The number of anilines is 2. The number of carbonyl (C=O) groups is 1. The van der Waals surface area contributed by atoms with Crippen LogP contribution < -0.4 is 9.62 Å². The summed E-state index contributed by atoms with van der Waals surface area (Å²) in [4.78, 5) is 15.7. The molecule has 1 N–H and O–H groups in total. The number of benzene rings is 3. The number of carbonyl (C=O) groups excluding carboxylic acids is 1. The zero-order valence-corrected chi connectivity index (χ0v) is 18.4. The van der Waals surface area contributed by atoms with E-state index in [1.54, 1.807) is 35.2 Å². The van der Waals surface area contributed by atoms with Gasteiger partial charge in [-0.2, -0.15) is 0 Å². The Hall–Kier alpha value is -2.77. The zero-order chi connectivity index (χ0) is 21.3. The summed E-state index contributed by atoms with van der Waals surface area (Å²) in [5, 5.41) is 0. The van der Waals surface area contributed by atoms with Crippen molar-refractivity contribution in [3.8, 4) is 0 Å². The van der Waals surface area contributed by atoms with Crippen LogP contribution in [0.2, 0.25) is 0 Å². The molecular formula is C23H22N2O3S2. The van der Waals surface area contributed by atoms with Crippen LogP contribution in [0, 0.1) is 6.92 Å². The molecule has 0 saturated heterocycles. The molecule has 1 amide bonds. The van der Waals surface area contributed by atoms with Crippen molar-refractivity contribution in [2.75, 3.05) is 22.4 Å². The van der Waals surface area contributed by atoms with E-state index >= 15 is 0 Å². The summed E-state index contributed by atoms with van der Waals surface area (Å²) in [6.45, 7) is 2.52. The lowest BCUT2D eigenvalue weighted by molar-refractivity contribution is 0.0989. The van der Waals surface area contributed by atoms with Gasteiger partial charge in [0.15, 0.2) is 0 Å². The van der Waals surface area contributed by atoms with Gasteiger partial charge in [0, 0.05) is 22.7 Å². The van der Waals surface area contributed by atoms with Gasteiger partial charge >= 0.3 is 0 Å². The van der Waals surface area contributed by atoms with Gasteiger partial charge in [0.2, 0.25) is 0 Å². The van der Waals surface area contributed by atoms with E-state index in [0.717, 1.165) is 21.7 Å². The van der Waals surface area contributed by atoms with E-state index in [4.69, 9.17) is 0 Å². The van der Waals surface area contributed by atoms with E-state index < -0.39 is 10.0 Å². The molecule has 4 rings (SSSR count). The second-order valence-electron chi connectivity index (χ2n) is 7.17. The smallest absolute Gasteiger partial charge is 0.261 e. The van der Waals surface area contributed by atoms with Crippen LogP contribution in [0.15, 0.2) is 76.5 Å². The Labute approximate surface area is 181 Å². The quantitative estimate of drug-likeness (QED) is 0.586. The summed E-state index contributed by atoms with van der Waals surface area (Å²) in [6, 6.07) is 19.7. The first-order valence-corrected chi connectivity index (χ1v) is 12.3. The summed E-state index contributed by atoms with van der Waals surface area (Å²) in [5.74, 6) is -0.0728. The molecule has 0 radical (unpaired) electrons. The predicted octanol–water partition coefficient (Wildman–Crippen LogP) is 4.72. The average Bonchev–Trinajstić information content (AvgIpc) is 3.17. The topological polar surface area (TPSA) is 66.5 Å². The summed E-state index contributed by atoms with van der Waals surface area (Å²) in [5.41, 5.74) is 3.90. The van der Waals surface area contributed by atoms with Crippen LogP contribution in [0.3, 0.4) is 0 Å². The third kappa shape index (κ3) is 3.95. The number of amides is 1. The highest BCUT2D eigenvalue weighted by molar-refractivity contribution is 7.99. The van der Waals surface area contributed by atoms with Crippen molar-refractivity contribution < 1.29 is 13.2 Å². The maximum Gasteiger partial charge on any atom is 0.261 e. The molecule has 0 saturated carbocycles.